The van der Waals surface area contributed by atoms with Crippen LogP contribution < -0.4 is 0 Å². The van der Waals surface area contributed by atoms with Gasteiger partial charge in [0.25, 0.3) is 0 Å². The lowest BCUT2D eigenvalue weighted by molar-refractivity contribution is 0.250. The minimum atomic E-state index is -3.62. The Morgan fingerprint density at radius 2 is 2.00 bits per heavy atom. The highest BCUT2D eigenvalue weighted by atomic mass is 32.2. The van der Waals surface area contributed by atoms with Crippen molar-refractivity contribution < 1.29 is 8.42 Å². The fourth-order valence-corrected chi connectivity index (χ4v) is 5.53. The number of sulfonamides is 1. The van der Waals surface area contributed by atoms with Crippen LogP contribution in [0.4, 0.5) is 0 Å². The Labute approximate surface area is 161 Å². The summed E-state index contributed by atoms with van der Waals surface area (Å²) in [6, 6.07) is 1.82. The van der Waals surface area contributed by atoms with Crippen molar-refractivity contribution in [2.45, 2.75) is 57.1 Å². The molecule has 1 saturated heterocycles. The van der Waals surface area contributed by atoms with Gasteiger partial charge in [0.2, 0.25) is 10.0 Å². The van der Waals surface area contributed by atoms with Crippen molar-refractivity contribution in [2.24, 2.45) is 7.05 Å². The molecular weight excluding hydrogens is 364 g/mol. The van der Waals surface area contributed by atoms with Gasteiger partial charge in [0.1, 0.15) is 4.90 Å². The predicted molar refractivity (Wildman–Crippen MR) is 104 cm³/mol. The molecule has 0 aliphatic carbocycles. The van der Waals surface area contributed by atoms with E-state index < -0.39 is 10.0 Å². The summed E-state index contributed by atoms with van der Waals surface area (Å²) in [5, 5.41) is 8.98. The van der Waals surface area contributed by atoms with E-state index in [0.29, 0.717) is 23.7 Å². The fraction of sp³-hybridized carbons (Fsp3) is 0.667. The number of rotatable bonds is 6. The number of nitrogens with zero attached hydrogens (tertiary/aromatic N) is 6. The van der Waals surface area contributed by atoms with Gasteiger partial charge in [-0.15, -0.1) is 0 Å². The minimum absolute atomic E-state index is 0.227. The highest BCUT2D eigenvalue weighted by Crippen LogP contribution is 2.35. The van der Waals surface area contributed by atoms with Gasteiger partial charge >= 0.3 is 0 Å². The van der Waals surface area contributed by atoms with Gasteiger partial charge in [-0.3, -0.25) is 9.36 Å². The zero-order chi connectivity index (χ0) is 19.8. The van der Waals surface area contributed by atoms with Gasteiger partial charge in [-0.2, -0.15) is 14.5 Å². The first-order valence-electron chi connectivity index (χ1n) is 9.47. The fourth-order valence-electron chi connectivity index (χ4n) is 3.69. The molecule has 0 N–H and O–H groups in total. The monoisotopic (exact) mass is 394 g/mol. The van der Waals surface area contributed by atoms with Crippen LogP contribution in [-0.4, -0.2) is 57.8 Å². The molecule has 0 amide bonds. The third kappa shape index (κ3) is 3.95. The molecule has 8 nitrogen and oxygen atoms in total. The average molecular weight is 395 g/mol. The molecule has 1 aliphatic heterocycles. The molecular formula is C18H30N6O2S. The van der Waals surface area contributed by atoms with E-state index in [0.717, 1.165) is 37.2 Å². The average Bonchev–Trinajstić information content (AvgIpc) is 3.18. The molecule has 0 spiro atoms. The Morgan fingerprint density at radius 1 is 1.26 bits per heavy atom. The van der Waals surface area contributed by atoms with Crippen LogP contribution in [-0.2, 0) is 30.2 Å². The Morgan fingerprint density at radius 3 is 2.63 bits per heavy atom. The number of hydrogen-bond donors (Lipinski definition) is 0. The topological polar surface area (TPSA) is 76.3 Å². The van der Waals surface area contributed by atoms with Gasteiger partial charge in [0, 0.05) is 32.9 Å². The van der Waals surface area contributed by atoms with E-state index in [4.69, 9.17) is 0 Å². The third-order valence-corrected chi connectivity index (χ3v) is 7.09. The van der Waals surface area contributed by atoms with Crippen LogP contribution in [0, 0.1) is 6.92 Å². The van der Waals surface area contributed by atoms with Crippen molar-refractivity contribution in [1.29, 1.82) is 0 Å². The maximum Gasteiger partial charge on any atom is 0.247 e. The van der Waals surface area contributed by atoms with Crippen LogP contribution in [0.15, 0.2) is 17.2 Å². The summed E-state index contributed by atoms with van der Waals surface area (Å²) in [5.41, 5.74) is 2.46. The van der Waals surface area contributed by atoms with E-state index in [9.17, 15) is 8.42 Å². The summed E-state index contributed by atoms with van der Waals surface area (Å²) < 4.78 is 32.0. The van der Waals surface area contributed by atoms with Crippen molar-refractivity contribution >= 4 is 10.0 Å². The molecule has 2 aromatic rings. The van der Waals surface area contributed by atoms with Crippen molar-refractivity contribution in [3.05, 3.63) is 29.3 Å². The Hall–Kier alpha value is -1.71. The smallest absolute Gasteiger partial charge is 0.247 e. The number of hydrogen-bond acceptors (Lipinski definition) is 5. The maximum atomic E-state index is 13.4. The second-order valence-corrected chi connectivity index (χ2v) is 9.34. The van der Waals surface area contributed by atoms with E-state index in [1.54, 1.807) is 22.1 Å². The molecule has 9 heteroatoms. The summed E-state index contributed by atoms with van der Waals surface area (Å²) in [4.78, 5) is 2.39. The first kappa shape index (κ1) is 20.0. The molecule has 150 valence electrons. The van der Waals surface area contributed by atoms with Crippen LogP contribution in [0.1, 0.15) is 49.3 Å². The molecule has 2 aromatic heterocycles. The van der Waals surface area contributed by atoms with Crippen molar-refractivity contribution in [3.63, 3.8) is 0 Å². The maximum absolute atomic E-state index is 13.4. The molecule has 0 aromatic carbocycles. The van der Waals surface area contributed by atoms with E-state index >= 15 is 0 Å². The number of piperidine rings is 1. The highest BCUT2D eigenvalue weighted by Gasteiger charge is 2.37. The standard InChI is InChI=1S/C18H30N6O2S/c1-6-23-13-18(14(2)19-23)27(25,26)24-10-8-7-9-17(24)16-11-15(12-21(3)4)22(5)20-16/h11,13,17H,6-10,12H2,1-5H3/t17-/m0/s1. The molecule has 27 heavy (non-hydrogen) atoms. The van der Waals surface area contributed by atoms with E-state index in [-0.39, 0.29) is 6.04 Å². The SMILES string of the molecule is CCn1cc(S(=O)(=O)N2CCCC[C@H]2c2cc(CN(C)C)n(C)n2)c(C)n1. The van der Waals surface area contributed by atoms with Gasteiger partial charge in [-0.05, 0) is 46.9 Å². The lowest BCUT2D eigenvalue weighted by Gasteiger charge is -2.33. The second kappa shape index (κ2) is 7.73. The summed E-state index contributed by atoms with van der Waals surface area (Å²) in [6.07, 6.45) is 4.31. The molecule has 3 rings (SSSR count). The van der Waals surface area contributed by atoms with Crippen LogP contribution in [0.2, 0.25) is 0 Å². The normalized spacial score (nSPS) is 19.1. The second-order valence-electron chi connectivity index (χ2n) is 7.48. The van der Waals surface area contributed by atoms with Gasteiger partial charge in [-0.25, -0.2) is 8.42 Å². The summed E-state index contributed by atoms with van der Waals surface area (Å²) in [6.45, 7) is 5.64. The number of aromatic nitrogens is 4. The zero-order valence-electron chi connectivity index (χ0n) is 16.9. The molecule has 0 unspecified atom stereocenters. The largest absolute Gasteiger partial charge is 0.304 e. The van der Waals surface area contributed by atoms with Crippen molar-refractivity contribution in [1.82, 2.24) is 28.8 Å². The lowest BCUT2D eigenvalue weighted by Crippen LogP contribution is -2.38. The van der Waals surface area contributed by atoms with Crippen LogP contribution in [0.3, 0.4) is 0 Å². The highest BCUT2D eigenvalue weighted by molar-refractivity contribution is 7.89. The van der Waals surface area contributed by atoms with Crippen molar-refractivity contribution in [2.75, 3.05) is 20.6 Å². The quantitative estimate of drug-likeness (QED) is 0.748. The third-order valence-electron chi connectivity index (χ3n) is 5.08. The van der Waals surface area contributed by atoms with Gasteiger partial charge in [-0.1, -0.05) is 6.42 Å². The number of aryl methyl sites for hydroxylation is 3. The van der Waals surface area contributed by atoms with E-state index in [1.807, 2.05) is 38.8 Å². The van der Waals surface area contributed by atoms with Gasteiger partial charge in [0.15, 0.2) is 0 Å². The van der Waals surface area contributed by atoms with E-state index in [2.05, 4.69) is 15.1 Å². The lowest BCUT2D eigenvalue weighted by atomic mass is 10.0. The molecule has 0 radical (unpaired) electrons. The van der Waals surface area contributed by atoms with Crippen LogP contribution in [0.5, 0.6) is 0 Å². The molecule has 0 saturated carbocycles. The zero-order valence-corrected chi connectivity index (χ0v) is 17.7. The Kier molecular flexibility index (Phi) is 5.73. The molecule has 3 heterocycles. The predicted octanol–water partition coefficient (Wildman–Crippen LogP) is 1.92. The Bertz CT molecular complexity index is 899. The Balaban J connectivity index is 1.97. The first-order valence-corrected chi connectivity index (χ1v) is 10.9. The minimum Gasteiger partial charge on any atom is -0.304 e. The molecule has 1 aliphatic rings. The first-order chi connectivity index (χ1) is 12.7. The van der Waals surface area contributed by atoms with Crippen LogP contribution in [0.25, 0.3) is 0 Å². The van der Waals surface area contributed by atoms with E-state index in [1.165, 1.54) is 0 Å². The van der Waals surface area contributed by atoms with Gasteiger partial charge < -0.3 is 4.90 Å². The summed E-state index contributed by atoms with van der Waals surface area (Å²) in [5.74, 6) is 0. The summed E-state index contributed by atoms with van der Waals surface area (Å²) >= 11 is 0. The van der Waals surface area contributed by atoms with Crippen LogP contribution >= 0.6 is 0 Å². The molecule has 0 bridgehead atoms. The van der Waals surface area contributed by atoms with Gasteiger partial charge in [0.05, 0.1) is 23.1 Å². The molecule has 1 atom stereocenters. The van der Waals surface area contributed by atoms with Crippen molar-refractivity contribution in [3.8, 4) is 0 Å². The molecule has 1 fully saturated rings. The summed E-state index contributed by atoms with van der Waals surface area (Å²) in [7, 11) is 2.32.